The molecule has 0 aromatic carbocycles. The standard InChI is InChI=1S/C9H6O5/c1-5(8(11)12)2-3-6-4-7(10)14-9(6)13/h2-4H,1H2,(H,11,12)/b3-2-. The van der Waals surface area contributed by atoms with E-state index < -0.39 is 17.9 Å². The second-order valence-corrected chi connectivity index (χ2v) is 2.47. The molecule has 1 aliphatic rings. The molecule has 0 bridgehead atoms. The summed E-state index contributed by atoms with van der Waals surface area (Å²) in [5.41, 5.74) is -0.171. The van der Waals surface area contributed by atoms with Gasteiger partial charge in [-0.2, -0.15) is 0 Å². The van der Waals surface area contributed by atoms with Crippen LogP contribution in [0.25, 0.3) is 0 Å². The molecule has 0 atom stereocenters. The number of carbonyl (C=O) groups is 3. The fourth-order valence-corrected chi connectivity index (χ4v) is 0.743. The molecular formula is C9H6O5. The zero-order valence-corrected chi connectivity index (χ0v) is 7.02. The summed E-state index contributed by atoms with van der Waals surface area (Å²) >= 11 is 0. The van der Waals surface area contributed by atoms with E-state index in [0.717, 1.165) is 12.2 Å². The molecule has 0 amide bonds. The van der Waals surface area contributed by atoms with Gasteiger partial charge in [0, 0.05) is 6.08 Å². The number of hydrogen-bond acceptors (Lipinski definition) is 4. The van der Waals surface area contributed by atoms with E-state index in [9.17, 15) is 14.4 Å². The molecule has 5 nitrogen and oxygen atoms in total. The Balaban J connectivity index is 2.75. The molecule has 72 valence electrons. The molecule has 1 N–H and O–H groups in total. The van der Waals surface area contributed by atoms with Crippen molar-refractivity contribution < 1.29 is 24.2 Å². The number of aliphatic carboxylic acids is 1. The number of ether oxygens (including phenoxy) is 1. The predicted molar refractivity (Wildman–Crippen MR) is 45.1 cm³/mol. The van der Waals surface area contributed by atoms with E-state index >= 15 is 0 Å². The first kappa shape index (κ1) is 9.91. The van der Waals surface area contributed by atoms with Crippen molar-refractivity contribution in [1.29, 1.82) is 0 Å². The van der Waals surface area contributed by atoms with Crippen LogP contribution in [0.4, 0.5) is 0 Å². The molecule has 0 fully saturated rings. The molecule has 0 aromatic rings. The van der Waals surface area contributed by atoms with Crippen molar-refractivity contribution in [1.82, 2.24) is 0 Å². The van der Waals surface area contributed by atoms with Crippen molar-refractivity contribution in [2.45, 2.75) is 0 Å². The van der Waals surface area contributed by atoms with Crippen molar-refractivity contribution in [3.05, 3.63) is 36.0 Å². The zero-order chi connectivity index (χ0) is 10.7. The first-order valence-electron chi connectivity index (χ1n) is 3.59. The molecule has 1 aliphatic heterocycles. The number of cyclic esters (lactones) is 2. The van der Waals surface area contributed by atoms with E-state index in [1.165, 1.54) is 6.08 Å². The minimum atomic E-state index is -1.19. The van der Waals surface area contributed by atoms with Gasteiger partial charge in [0.15, 0.2) is 0 Å². The topological polar surface area (TPSA) is 80.7 Å². The lowest BCUT2D eigenvalue weighted by Crippen LogP contribution is -2.01. The number of carboxylic acids is 1. The highest BCUT2D eigenvalue weighted by molar-refractivity contribution is 6.10. The van der Waals surface area contributed by atoms with Crippen LogP contribution in [-0.2, 0) is 19.1 Å². The summed E-state index contributed by atoms with van der Waals surface area (Å²) in [7, 11) is 0. The van der Waals surface area contributed by atoms with Gasteiger partial charge in [-0.25, -0.2) is 14.4 Å². The van der Waals surface area contributed by atoms with Gasteiger partial charge in [0.25, 0.3) is 0 Å². The van der Waals surface area contributed by atoms with E-state index in [0.29, 0.717) is 0 Å². The Hall–Kier alpha value is -2.17. The zero-order valence-electron chi connectivity index (χ0n) is 7.02. The third-order valence-corrected chi connectivity index (χ3v) is 1.44. The highest BCUT2D eigenvalue weighted by atomic mass is 16.6. The summed E-state index contributed by atoms with van der Waals surface area (Å²) in [4.78, 5) is 31.7. The fraction of sp³-hybridized carbons (Fsp3) is 0. The second-order valence-electron chi connectivity index (χ2n) is 2.47. The molecule has 1 heterocycles. The van der Waals surface area contributed by atoms with Crippen LogP contribution in [0.2, 0.25) is 0 Å². The Morgan fingerprint density at radius 3 is 2.57 bits per heavy atom. The maximum atomic E-state index is 10.8. The van der Waals surface area contributed by atoms with Gasteiger partial charge in [-0.3, -0.25) is 0 Å². The molecular weight excluding hydrogens is 188 g/mol. The van der Waals surface area contributed by atoms with Crippen molar-refractivity contribution in [3.8, 4) is 0 Å². The summed E-state index contributed by atoms with van der Waals surface area (Å²) in [6.45, 7) is 3.21. The van der Waals surface area contributed by atoms with Crippen LogP contribution in [0.15, 0.2) is 36.0 Å². The molecule has 5 heteroatoms. The summed E-state index contributed by atoms with van der Waals surface area (Å²) in [5, 5.41) is 8.42. The summed E-state index contributed by atoms with van der Waals surface area (Å²) < 4.78 is 4.17. The van der Waals surface area contributed by atoms with E-state index in [1.807, 2.05) is 0 Å². The van der Waals surface area contributed by atoms with Crippen LogP contribution < -0.4 is 0 Å². The van der Waals surface area contributed by atoms with Crippen molar-refractivity contribution in [2.75, 3.05) is 0 Å². The van der Waals surface area contributed by atoms with Crippen LogP contribution >= 0.6 is 0 Å². The summed E-state index contributed by atoms with van der Waals surface area (Å²) in [6.07, 6.45) is 3.27. The van der Waals surface area contributed by atoms with Gasteiger partial charge in [-0.15, -0.1) is 0 Å². The van der Waals surface area contributed by atoms with E-state index in [2.05, 4.69) is 11.3 Å². The summed E-state index contributed by atoms with van der Waals surface area (Å²) in [6, 6.07) is 0. The largest absolute Gasteiger partial charge is 0.478 e. The van der Waals surface area contributed by atoms with Crippen molar-refractivity contribution in [2.24, 2.45) is 0 Å². The van der Waals surface area contributed by atoms with Crippen LogP contribution in [0.1, 0.15) is 0 Å². The molecule has 1 rings (SSSR count). The molecule has 0 unspecified atom stereocenters. The maximum absolute atomic E-state index is 10.8. The fourth-order valence-electron chi connectivity index (χ4n) is 0.743. The lowest BCUT2D eigenvalue weighted by molar-refractivity contribution is -0.150. The average Bonchev–Trinajstić information content (AvgIpc) is 2.40. The Morgan fingerprint density at radius 2 is 2.14 bits per heavy atom. The average molecular weight is 194 g/mol. The molecule has 0 aliphatic carbocycles. The Labute approximate surface area is 79.0 Å². The first-order chi connectivity index (χ1) is 6.50. The van der Waals surface area contributed by atoms with Gasteiger partial charge in [0.1, 0.15) is 0 Å². The highest BCUT2D eigenvalue weighted by Crippen LogP contribution is 2.10. The molecule has 14 heavy (non-hydrogen) atoms. The predicted octanol–water partition coefficient (Wildman–Crippen LogP) is 0.193. The van der Waals surface area contributed by atoms with Gasteiger partial charge >= 0.3 is 17.9 Å². The quantitative estimate of drug-likeness (QED) is 0.300. The van der Waals surface area contributed by atoms with Crippen LogP contribution in [0.3, 0.4) is 0 Å². The van der Waals surface area contributed by atoms with Crippen molar-refractivity contribution >= 4 is 17.9 Å². The third kappa shape index (κ3) is 2.16. The number of carbonyl (C=O) groups excluding carboxylic acids is 2. The monoisotopic (exact) mass is 194 g/mol. The number of esters is 2. The first-order valence-corrected chi connectivity index (χ1v) is 3.59. The molecule has 0 aromatic heterocycles. The Morgan fingerprint density at radius 1 is 1.50 bits per heavy atom. The van der Waals surface area contributed by atoms with E-state index in [-0.39, 0.29) is 11.1 Å². The lowest BCUT2D eigenvalue weighted by atomic mass is 10.2. The lowest BCUT2D eigenvalue weighted by Gasteiger charge is -1.90. The Bertz CT molecular complexity index is 386. The number of rotatable bonds is 3. The SMILES string of the molecule is C=C(/C=C\C1=CC(=O)OC1=O)C(=O)O. The molecule has 0 saturated heterocycles. The smallest absolute Gasteiger partial charge is 0.346 e. The minimum absolute atomic E-state index is 0.0115. The maximum Gasteiger partial charge on any atom is 0.346 e. The van der Waals surface area contributed by atoms with E-state index in [1.54, 1.807) is 0 Å². The normalized spacial score (nSPS) is 15.6. The van der Waals surface area contributed by atoms with E-state index in [4.69, 9.17) is 5.11 Å². The van der Waals surface area contributed by atoms with Crippen LogP contribution in [0.5, 0.6) is 0 Å². The Kier molecular flexibility index (Phi) is 2.62. The van der Waals surface area contributed by atoms with Gasteiger partial charge < -0.3 is 9.84 Å². The van der Waals surface area contributed by atoms with Gasteiger partial charge in [-0.1, -0.05) is 6.58 Å². The molecule has 0 spiro atoms. The van der Waals surface area contributed by atoms with Gasteiger partial charge in [0.2, 0.25) is 0 Å². The summed E-state index contributed by atoms with van der Waals surface area (Å²) in [5.74, 6) is -2.74. The molecule has 0 radical (unpaired) electrons. The van der Waals surface area contributed by atoms with Gasteiger partial charge in [0.05, 0.1) is 11.1 Å². The van der Waals surface area contributed by atoms with Crippen LogP contribution in [-0.4, -0.2) is 23.0 Å². The van der Waals surface area contributed by atoms with Gasteiger partial charge in [-0.05, 0) is 12.2 Å². The molecule has 0 saturated carbocycles. The minimum Gasteiger partial charge on any atom is -0.478 e. The number of carboxylic acid groups (broad SMARTS) is 1. The van der Waals surface area contributed by atoms with Crippen molar-refractivity contribution in [3.63, 3.8) is 0 Å². The second kappa shape index (κ2) is 3.69. The third-order valence-electron chi connectivity index (χ3n) is 1.44. The number of hydrogen-bond donors (Lipinski definition) is 1. The van der Waals surface area contributed by atoms with Crippen LogP contribution in [0, 0.1) is 0 Å². The highest BCUT2D eigenvalue weighted by Gasteiger charge is 2.21.